The molecule has 2 nitrogen and oxygen atoms in total. The molecule has 0 saturated heterocycles. The van der Waals surface area contributed by atoms with Gasteiger partial charge in [-0.2, -0.15) is 0 Å². The van der Waals surface area contributed by atoms with E-state index in [1.54, 1.807) is 0 Å². The summed E-state index contributed by atoms with van der Waals surface area (Å²) in [4.78, 5) is 0. The third kappa shape index (κ3) is 5.46. The van der Waals surface area contributed by atoms with Crippen LogP contribution in [0.1, 0.15) is 102 Å². The zero-order valence-corrected chi connectivity index (χ0v) is 14.6. The molecule has 0 spiro atoms. The fourth-order valence-electron chi connectivity index (χ4n) is 3.47. The number of hydrogen-bond donors (Lipinski definition) is 0. The minimum absolute atomic E-state index is 0.202. The van der Waals surface area contributed by atoms with Gasteiger partial charge in [0.2, 0.25) is 0 Å². The highest BCUT2D eigenvalue weighted by atomic mass is 16.5. The number of unbranched alkanes of at least 4 members (excludes halogenated alkanes) is 7. The molecule has 0 N–H and O–H groups in total. The highest BCUT2D eigenvalue weighted by Gasteiger charge is 2.29. The van der Waals surface area contributed by atoms with Gasteiger partial charge in [-0.3, -0.25) is 0 Å². The zero-order chi connectivity index (χ0) is 15.6. The predicted molar refractivity (Wildman–Crippen MR) is 92.2 cm³/mol. The fraction of sp³-hybridized carbons (Fsp3) is 0.800. The largest absolute Gasteiger partial charge is 0.466 e. The molecule has 0 saturated carbocycles. The molecule has 2 heteroatoms. The van der Waals surface area contributed by atoms with Gasteiger partial charge in [0, 0.05) is 6.42 Å². The number of fused-ring (bicyclic) bond motifs is 1. The molecule has 1 aromatic rings. The van der Waals surface area contributed by atoms with Crippen molar-refractivity contribution >= 4 is 0 Å². The van der Waals surface area contributed by atoms with Crippen LogP contribution in [0.2, 0.25) is 0 Å². The van der Waals surface area contributed by atoms with E-state index in [9.17, 15) is 0 Å². The summed E-state index contributed by atoms with van der Waals surface area (Å²) in [6.45, 7) is 4.52. The third-order valence-corrected chi connectivity index (χ3v) is 4.83. The summed E-state index contributed by atoms with van der Waals surface area (Å²) in [5.74, 6) is 1.10. The van der Waals surface area contributed by atoms with E-state index in [4.69, 9.17) is 9.15 Å². The Labute approximate surface area is 136 Å². The molecule has 2 heterocycles. The maximum Gasteiger partial charge on any atom is 0.135 e. The SMILES string of the molecule is CCCCCCCCC[C@H]1Cc2ccoc2[C@@H](CCCC)O1. The molecule has 0 amide bonds. The number of hydrogen-bond acceptors (Lipinski definition) is 2. The van der Waals surface area contributed by atoms with Crippen LogP contribution in [-0.4, -0.2) is 6.10 Å². The Morgan fingerprint density at radius 2 is 1.64 bits per heavy atom. The molecule has 0 fully saturated rings. The van der Waals surface area contributed by atoms with E-state index >= 15 is 0 Å². The molecule has 22 heavy (non-hydrogen) atoms. The van der Waals surface area contributed by atoms with Gasteiger partial charge in [0.1, 0.15) is 11.9 Å². The lowest BCUT2D eigenvalue weighted by Crippen LogP contribution is -2.25. The molecule has 0 aromatic carbocycles. The maximum atomic E-state index is 6.32. The standard InChI is InChI=1S/C20H34O2/c1-3-5-7-8-9-10-11-12-18-16-17-14-15-21-20(17)19(22-18)13-6-4-2/h14-15,18-19H,3-13,16H2,1-2H3/t18-,19+/m0/s1. The number of ether oxygens (including phenoxy) is 1. The lowest BCUT2D eigenvalue weighted by molar-refractivity contribution is -0.0468. The summed E-state index contributed by atoms with van der Waals surface area (Å²) in [6, 6.07) is 2.15. The molecule has 1 aliphatic rings. The van der Waals surface area contributed by atoms with Crippen LogP contribution in [0.15, 0.2) is 16.7 Å². The number of furan rings is 1. The molecule has 1 aromatic heterocycles. The number of rotatable bonds is 11. The summed E-state index contributed by atoms with van der Waals surface area (Å²) in [5.41, 5.74) is 1.39. The Bertz CT molecular complexity index is 396. The van der Waals surface area contributed by atoms with Crippen LogP contribution in [0.25, 0.3) is 0 Å². The highest BCUT2D eigenvalue weighted by Crippen LogP contribution is 2.35. The second-order valence-corrected chi connectivity index (χ2v) is 6.81. The third-order valence-electron chi connectivity index (χ3n) is 4.83. The Balaban J connectivity index is 1.69. The van der Waals surface area contributed by atoms with Crippen LogP contribution >= 0.6 is 0 Å². The Morgan fingerprint density at radius 3 is 2.41 bits per heavy atom. The smallest absolute Gasteiger partial charge is 0.135 e. The van der Waals surface area contributed by atoms with Crippen molar-refractivity contribution in [3.8, 4) is 0 Å². The lowest BCUT2D eigenvalue weighted by Gasteiger charge is -2.29. The Hall–Kier alpha value is -0.760. The van der Waals surface area contributed by atoms with Gasteiger partial charge in [0.25, 0.3) is 0 Å². The topological polar surface area (TPSA) is 22.4 Å². The minimum atomic E-state index is 0.202. The van der Waals surface area contributed by atoms with Gasteiger partial charge in [-0.1, -0.05) is 71.6 Å². The quantitative estimate of drug-likeness (QED) is 0.430. The normalized spacial score (nSPS) is 21.0. The van der Waals surface area contributed by atoms with Crippen molar-refractivity contribution in [2.45, 2.75) is 103 Å². The minimum Gasteiger partial charge on any atom is -0.466 e. The van der Waals surface area contributed by atoms with Crippen molar-refractivity contribution in [2.24, 2.45) is 0 Å². The van der Waals surface area contributed by atoms with E-state index < -0.39 is 0 Å². The van der Waals surface area contributed by atoms with Crippen LogP contribution in [0.5, 0.6) is 0 Å². The molecule has 2 rings (SSSR count). The molecule has 0 radical (unpaired) electrons. The summed E-state index contributed by atoms with van der Waals surface area (Å²) in [6.07, 6.45) is 17.9. The van der Waals surface area contributed by atoms with Gasteiger partial charge < -0.3 is 9.15 Å². The molecule has 0 bridgehead atoms. The van der Waals surface area contributed by atoms with Gasteiger partial charge in [-0.05, 0) is 24.5 Å². The first kappa shape index (κ1) is 17.6. The van der Waals surface area contributed by atoms with Crippen molar-refractivity contribution < 1.29 is 9.15 Å². The summed E-state index contributed by atoms with van der Waals surface area (Å²) >= 11 is 0. The van der Waals surface area contributed by atoms with Crippen molar-refractivity contribution in [3.05, 3.63) is 23.7 Å². The molecular weight excluding hydrogens is 272 g/mol. The van der Waals surface area contributed by atoms with Crippen molar-refractivity contribution in [1.29, 1.82) is 0 Å². The predicted octanol–water partition coefficient (Wildman–Crippen LogP) is 6.59. The van der Waals surface area contributed by atoms with Gasteiger partial charge in [0.05, 0.1) is 12.4 Å². The van der Waals surface area contributed by atoms with Crippen molar-refractivity contribution in [3.63, 3.8) is 0 Å². The molecule has 2 atom stereocenters. The average Bonchev–Trinajstić information content (AvgIpc) is 3.00. The van der Waals surface area contributed by atoms with Crippen LogP contribution in [0.3, 0.4) is 0 Å². The van der Waals surface area contributed by atoms with Crippen molar-refractivity contribution in [2.75, 3.05) is 0 Å². The zero-order valence-electron chi connectivity index (χ0n) is 14.6. The second-order valence-electron chi connectivity index (χ2n) is 6.81. The molecule has 0 unspecified atom stereocenters. The van der Waals surface area contributed by atoms with E-state index in [1.165, 1.54) is 69.8 Å². The van der Waals surface area contributed by atoms with Crippen LogP contribution in [-0.2, 0) is 11.2 Å². The monoisotopic (exact) mass is 306 g/mol. The molecular formula is C20H34O2. The summed E-state index contributed by atoms with van der Waals surface area (Å²) < 4.78 is 12.0. The molecule has 126 valence electrons. The van der Waals surface area contributed by atoms with Gasteiger partial charge >= 0.3 is 0 Å². The first-order valence-corrected chi connectivity index (χ1v) is 9.56. The first-order chi connectivity index (χ1) is 10.8. The molecule has 0 aliphatic carbocycles. The van der Waals surface area contributed by atoms with E-state index in [0.717, 1.165) is 18.6 Å². The lowest BCUT2D eigenvalue weighted by atomic mass is 9.95. The maximum absolute atomic E-state index is 6.32. The average molecular weight is 306 g/mol. The summed E-state index contributed by atoms with van der Waals surface area (Å²) in [7, 11) is 0. The van der Waals surface area contributed by atoms with E-state index in [2.05, 4.69) is 19.9 Å². The van der Waals surface area contributed by atoms with Crippen LogP contribution < -0.4 is 0 Å². The molecule has 1 aliphatic heterocycles. The van der Waals surface area contributed by atoms with Crippen LogP contribution in [0, 0.1) is 0 Å². The van der Waals surface area contributed by atoms with E-state index in [0.29, 0.717) is 6.10 Å². The van der Waals surface area contributed by atoms with Gasteiger partial charge in [0.15, 0.2) is 0 Å². The Kier molecular flexibility index (Phi) is 8.07. The van der Waals surface area contributed by atoms with E-state index in [-0.39, 0.29) is 6.10 Å². The van der Waals surface area contributed by atoms with Gasteiger partial charge in [-0.15, -0.1) is 0 Å². The first-order valence-electron chi connectivity index (χ1n) is 9.56. The van der Waals surface area contributed by atoms with E-state index in [1.807, 2.05) is 6.26 Å². The van der Waals surface area contributed by atoms with Gasteiger partial charge in [-0.25, -0.2) is 0 Å². The van der Waals surface area contributed by atoms with Crippen LogP contribution in [0.4, 0.5) is 0 Å². The Morgan fingerprint density at radius 1 is 0.909 bits per heavy atom. The van der Waals surface area contributed by atoms with Crippen molar-refractivity contribution in [1.82, 2.24) is 0 Å². The fourth-order valence-corrected chi connectivity index (χ4v) is 3.47. The highest BCUT2D eigenvalue weighted by molar-refractivity contribution is 5.22. The summed E-state index contributed by atoms with van der Waals surface area (Å²) in [5, 5.41) is 0. The second kappa shape index (κ2) is 10.1.